The molecule has 0 aliphatic rings. The molecule has 32 heavy (non-hydrogen) atoms. The molecule has 0 fully saturated rings. The van der Waals surface area contributed by atoms with Gasteiger partial charge in [0, 0.05) is 0 Å². The molecular weight excluding hydrogens is 423 g/mol. The van der Waals surface area contributed by atoms with E-state index in [9.17, 15) is 27.9 Å². The van der Waals surface area contributed by atoms with Gasteiger partial charge in [0.25, 0.3) is 5.56 Å². The number of imidazole rings is 1. The van der Waals surface area contributed by atoms with Gasteiger partial charge < -0.3 is 5.11 Å². The molecule has 9 heteroatoms. The number of carboxylic acid groups (broad SMARTS) is 1. The molecule has 2 aromatic heterocycles. The Morgan fingerprint density at radius 2 is 1.88 bits per heavy atom. The number of rotatable bonds is 5. The Bertz CT molecular complexity index is 1390. The highest BCUT2D eigenvalue weighted by molar-refractivity contribution is 5.86. The van der Waals surface area contributed by atoms with Crippen LogP contribution in [0, 0.1) is 6.92 Å². The van der Waals surface area contributed by atoms with Crippen LogP contribution in [0.3, 0.4) is 0 Å². The van der Waals surface area contributed by atoms with Crippen molar-refractivity contribution in [3.8, 4) is 11.3 Å². The maximum Gasteiger partial charge on any atom is 0.416 e. The number of aryl methyl sites for hydroxylation is 1. The van der Waals surface area contributed by atoms with Crippen LogP contribution in [0.4, 0.5) is 13.2 Å². The van der Waals surface area contributed by atoms with Gasteiger partial charge in [0.05, 0.1) is 33.8 Å². The first-order valence-electron chi connectivity index (χ1n) is 10.1. The number of H-pyrrole nitrogens is 1. The van der Waals surface area contributed by atoms with Gasteiger partial charge in [-0.25, -0.2) is 4.98 Å². The lowest BCUT2D eigenvalue weighted by atomic mass is 9.91. The summed E-state index contributed by atoms with van der Waals surface area (Å²) in [6.45, 7) is 3.71. The van der Waals surface area contributed by atoms with Gasteiger partial charge >= 0.3 is 12.1 Å². The summed E-state index contributed by atoms with van der Waals surface area (Å²) in [5.74, 6) is -2.19. The predicted octanol–water partition coefficient (Wildman–Crippen LogP) is 5.14. The fraction of sp³-hybridized carbons (Fsp3) is 0.261. The molecular formula is C23H20F3N3O3. The molecule has 2 N–H and O–H groups in total. The van der Waals surface area contributed by atoms with Crippen molar-refractivity contribution in [1.82, 2.24) is 14.4 Å². The van der Waals surface area contributed by atoms with E-state index in [1.165, 1.54) is 10.5 Å². The van der Waals surface area contributed by atoms with Crippen molar-refractivity contribution in [1.29, 1.82) is 0 Å². The number of aromatic amines is 1. The van der Waals surface area contributed by atoms with Crippen LogP contribution in [0.15, 0.2) is 47.3 Å². The second kappa shape index (κ2) is 7.81. The van der Waals surface area contributed by atoms with Crippen LogP contribution in [-0.2, 0) is 11.0 Å². The molecule has 0 bridgehead atoms. The Morgan fingerprint density at radius 1 is 1.19 bits per heavy atom. The van der Waals surface area contributed by atoms with Crippen LogP contribution in [0.1, 0.15) is 42.4 Å². The lowest BCUT2D eigenvalue weighted by Gasteiger charge is -2.18. The number of halogens is 3. The second-order valence-electron chi connectivity index (χ2n) is 7.73. The molecule has 0 aliphatic carbocycles. The second-order valence-corrected chi connectivity index (χ2v) is 7.73. The van der Waals surface area contributed by atoms with Crippen molar-refractivity contribution >= 4 is 22.8 Å². The van der Waals surface area contributed by atoms with E-state index in [1.807, 2.05) is 26.0 Å². The summed E-state index contributed by atoms with van der Waals surface area (Å²) in [7, 11) is 0. The highest BCUT2D eigenvalue weighted by Gasteiger charge is 2.32. The molecule has 1 unspecified atom stereocenters. The third-order valence-corrected chi connectivity index (χ3v) is 5.48. The molecule has 2 heterocycles. The summed E-state index contributed by atoms with van der Waals surface area (Å²) >= 11 is 0. The summed E-state index contributed by atoms with van der Waals surface area (Å²) in [5, 5.41) is 9.86. The van der Waals surface area contributed by atoms with Crippen molar-refractivity contribution in [3.63, 3.8) is 0 Å². The predicted molar refractivity (Wildman–Crippen MR) is 114 cm³/mol. The van der Waals surface area contributed by atoms with E-state index in [2.05, 4.69) is 9.97 Å². The number of nitrogens with zero attached hydrogens (tertiary/aromatic N) is 2. The van der Waals surface area contributed by atoms with E-state index in [4.69, 9.17) is 0 Å². The SMILES string of the molecule is CCCC(C(=O)O)c1c(-c2ccc(C)cc2)n2c(nc3cc(C(F)(F)F)ccc32)[nH]c1=O. The van der Waals surface area contributed by atoms with Gasteiger partial charge in [0.2, 0.25) is 5.78 Å². The Balaban J connectivity index is 2.15. The first-order chi connectivity index (χ1) is 15.1. The largest absolute Gasteiger partial charge is 0.481 e. The van der Waals surface area contributed by atoms with Gasteiger partial charge in [-0.2, -0.15) is 13.2 Å². The van der Waals surface area contributed by atoms with Gasteiger partial charge in [-0.1, -0.05) is 43.2 Å². The fourth-order valence-corrected chi connectivity index (χ4v) is 3.96. The van der Waals surface area contributed by atoms with Crippen molar-refractivity contribution < 1.29 is 23.1 Å². The van der Waals surface area contributed by atoms with E-state index >= 15 is 0 Å². The average Bonchev–Trinajstić information content (AvgIpc) is 3.08. The molecule has 1 atom stereocenters. The molecule has 2 aromatic carbocycles. The number of fused-ring (bicyclic) bond motifs is 3. The first-order valence-corrected chi connectivity index (χ1v) is 10.1. The zero-order chi connectivity index (χ0) is 23.2. The van der Waals surface area contributed by atoms with Crippen LogP contribution in [0.25, 0.3) is 28.1 Å². The minimum atomic E-state index is -4.54. The third kappa shape index (κ3) is 3.63. The van der Waals surface area contributed by atoms with Crippen LogP contribution >= 0.6 is 0 Å². The van der Waals surface area contributed by atoms with Crippen LogP contribution < -0.4 is 5.56 Å². The maximum atomic E-state index is 13.2. The fourth-order valence-electron chi connectivity index (χ4n) is 3.96. The van der Waals surface area contributed by atoms with Crippen molar-refractivity contribution in [2.75, 3.05) is 0 Å². The first kappa shape index (κ1) is 21.6. The molecule has 0 amide bonds. The standard InChI is InChI=1S/C23H20F3N3O3/c1-3-4-15(21(31)32)18-19(13-7-5-12(2)6-8-13)29-17-10-9-14(23(24,25)26)11-16(17)27-22(29)28-20(18)30/h5-11,15H,3-4H2,1-2H3,(H,31,32)(H,27,28,30). The van der Waals surface area contributed by atoms with Gasteiger partial charge in [0.15, 0.2) is 0 Å². The van der Waals surface area contributed by atoms with Gasteiger partial charge in [-0.15, -0.1) is 0 Å². The number of nitrogens with one attached hydrogen (secondary N) is 1. The van der Waals surface area contributed by atoms with Crippen molar-refractivity contribution in [2.24, 2.45) is 0 Å². The summed E-state index contributed by atoms with van der Waals surface area (Å²) in [4.78, 5) is 31.9. The Labute approximate surface area is 180 Å². The summed E-state index contributed by atoms with van der Waals surface area (Å²) in [5.41, 5.74) is 0.794. The highest BCUT2D eigenvalue weighted by atomic mass is 19.4. The van der Waals surface area contributed by atoms with Crippen LogP contribution in [-0.4, -0.2) is 25.4 Å². The lowest BCUT2D eigenvalue weighted by molar-refractivity contribution is -0.139. The normalized spacial score (nSPS) is 13.0. The topological polar surface area (TPSA) is 87.5 Å². The molecule has 4 aromatic rings. The number of hydrogen-bond donors (Lipinski definition) is 2. The average molecular weight is 443 g/mol. The smallest absolute Gasteiger partial charge is 0.416 e. The molecule has 0 saturated heterocycles. The van der Waals surface area contributed by atoms with E-state index in [0.29, 0.717) is 23.2 Å². The third-order valence-electron chi connectivity index (χ3n) is 5.48. The lowest BCUT2D eigenvalue weighted by Crippen LogP contribution is -2.25. The van der Waals surface area contributed by atoms with Gasteiger partial charge in [0.1, 0.15) is 0 Å². The molecule has 0 spiro atoms. The number of carboxylic acids is 1. The highest BCUT2D eigenvalue weighted by Crippen LogP contribution is 2.35. The van der Waals surface area contributed by atoms with E-state index in [0.717, 1.165) is 17.7 Å². The Hall–Kier alpha value is -3.62. The Kier molecular flexibility index (Phi) is 5.28. The number of aliphatic carboxylic acids is 1. The minimum Gasteiger partial charge on any atom is -0.481 e. The van der Waals surface area contributed by atoms with Crippen LogP contribution in [0.5, 0.6) is 0 Å². The summed E-state index contributed by atoms with van der Waals surface area (Å²) in [6, 6.07) is 10.3. The Morgan fingerprint density at radius 3 is 2.47 bits per heavy atom. The number of benzene rings is 2. The summed E-state index contributed by atoms with van der Waals surface area (Å²) in [6.07, 6.45) is -3.78. The van der Waals surface area contributed by atoms with Crippen LogP contribution in [0.2, 0.25) is 0 Å². The van der Waals surface area contributed by atoms with E-state index < -0.39 is 29.2 Å². The monoisotopic (exact) mass is 443 g/mol. The molecule has 0 aliphatic heterocycles. The van der Waals surface area contributed by atoms with Gasteiger partial charge in [-0.05, 0) is 37.1 Å². The summed E-state index contributed by atoms with van der Waals surface area (Å²) < 4.78 is 41.1. The van der Waals surface area contributed by atoms with Crippen molar-refractivity contribution in [3.05, 3.63) is 69.5 Å². The number of alkyl halides is 3. The molecule has 6 nitrogen and oxygen atoms in total. The van der Waals surface area contributed by atoms with E-state index in [1.54, 1.807) is 12.1 Å². The quantitative estimate of drug-likeness (QED) is 0.447. The minimum absolute atomic E-state index is 0.0448. The zero-order valence-electron chi connectivity index (χ0n) is 17.3. The van der Waals surface area contributed by atoms with E-state index in [-0.39, 0.29) is 23.3 Å². The number of aromatic nitrogens is 3. The molecule has 0 radical (unpaired) electrons. The number of carbonyl (C=O) groups is 1. The zero-order valence-corrected chi connectivity index (χ0v) is 17.3. The molecule has 166 valence electrons. The van der Waals surface area contributed by atoms with Crippen molar-refractivity contribution in [2.45, 2.75) is 38.8 Å². The maximum absolute atomic E-state index is 13.2. The molecule has 0 saturated carbocycles. The van der Waals surface area contributed by atoms with Gasteiger partial charge in [-0.3, -0.25) is 19.0 Å². The number of hydrogen-bond acceptors (Lipinski definition) is 3. The molecule has 4 rings (SSSR count).